The van der Waals surface area contributed by atoms with Crippen molar-refractivity contribution >= 4 is 19.8 Å². The topological polar surface area (TPSA) is 134 Å². The maximum Gasteiger partial charge on any atom is 0.472 e. The average Bonchev–Trinajstić information content (AvgIpc) is 3.16. The van der Waals surface area contributed by atoms with Crippen molar-refractivity contribution in [2.24, 2.45) is 5.73 Å². The lowest BCUT2D eigenvalue weighted by Gasteiger charge is -2.19. The molecule has 2 atom stereocenters. The molecule has 0 saturated heterocycles. The molecular weight excluding hydrogens is 1190 g/mol. The smallest absolute Gasteiger partial charge is 0.462 e. The van der Waals surface area contributed by atoms with Crippen molar-refractivity contribution in [3.8, 4) is 0 Å². The fraction of sp³-hybridized carbons (Fsp3) is 0.529. The molecule has 0 amide bonds. The van der Waals surface area contributed by atoms with E-state index < -0.39 is 32.5 Å². The molecule has 530 valence electrons. The molecule has 9 nitrogen and oxygen atoms in total. The molecule has 0 aromatic carbocycles. The second kappa shape index (κ2) is 77.1. The molecule has 95 heavy (non-hydrogen) atoms. The molecule has 0 radical (unpaired) electrons. The Morgan fingerprint density at radius 1 is 0.316 bits per heavy atom. The summed E-state index contributed by atoms with van der Waals surface area (Å²) in [4.78, 5) is 35.4. The maximum absolute atomic E-state index is 12.8. The molecule has 2 unspecified atom stereocenters. The summed E-state index contributed by atoms with van der Waals surface area (Å²) in [6.07, 6.45) is 121. The van der Waals surface area contributed by atoms with Crippen LogP contribution in [0.5, 0.6) is 0 Å². The van der Waals surface area contributed by atoms with Crippen LogP contribution in [0, 0.1) is 0 Å². The number of phosphoric acid groups is 1. The first-order valence-corrected chi connectivity index (χ1v) is 38.4. The SMILES string of the molecule is CC/C=C\C/C=C\C/C=C\C/C=C\C/C=C\C/C=C\C/C=C\C/C=C\C/C=C\C/C=C\CCCCCCCCCCC(=O)OC(COC(=O)CCCCCCCCC/C=C\C/C=C\C/C=C\C/C=C\C/C=C\C/C=C\C/C=C\C/C=C\C/C=C\CC)COP(=O)(O)OCCN. The van der Waals surface area contributed by atoms with Crippen LogP contribution in [0.25, 0.3) is 0 Å². The zero-order valence-corrected chi connectivity index (χ0v) is 60.4. The van der Waals surface area contributed by atoms with E-state index in [1.807, 2.05) is 0 Å². The van der Waals surface area contributed by atoms with Gasteiger partial charge in [-0.15, -0.1) is 0 Å². The molecule has 0 aromatic heterocycles. The molecule has 0 aliphatic heterocycles. The summed E-state index contributed by atoms with van der Waals surface area (Å²) in [7, 11) is -4.42. The number of carbonyl (C=O) groups is 2. The summed E-state index contributed by atoms with van der Waals surface area (Å²) >= 11 is 0. The first-order valence-electron chi connectivity index (χ1n) is 36.9. The van der Waals surface area contributed by atoms with Gasteiger partial charge in [0, 0.05) is 19.4 Å². The molecule has 10 heteroatoms. The number of unbranched alkanes of at least 4 members (excludes halogenated alkanes) is 15. The summed E-state index contributed by atoms with van der Waals surface area (Å²) in [5, 5.41) is 0. The molecule has 3 N–H and O–H groups in total. The minimum Gasteiger partial charge on any atom is -0.462 e. The highest BCUT2D eigenvalue weighted by Crippen LogP contribution is 2.43. The molecular formula is C85H132NO8P. The summed E-state index contributed by atoms with van der Waals surface area (Å²) in [6.45, 7) is 3.47. The van der Waals surface area contributed by atoms with Gasteiger partial charge in [0.05, 0.1) is 13.2 Å². The summed E-state index contributed by atoms with van der Waals surface area (Å²) in [5.74, 6) is -0.866. The number of rotatable bonds is 66. The van der Waals surface area contributed by atoms with Crippen LogP contribution in [-0.2, 0) is 32.7 Å². The quantitative estimate of drug-likeness (QED) is 0.0264. The molecule has 0 aromatic rings. The largest absolute Gasteiger partial charge is 0.472 e. The van der Waals surface area contributed by atoms with Gasteiger partial charge in [-0.2, -0.15) is 0 Å². The Morgan fingerprint density at radius 2 is 0.547 bits per heavy atom. The van der Waals surface area contributed by atoms with E-state index in [1.54, 1.807) is 0 Å². The van der Waals surface area contributed by atoms with Gasteiger partial charge in [0.15, 0.2) is 6.10 Å². The Bertz CT molecular complexity index is 2410. The van der Waals surface area contributed by atoms with Crippen molar-refractivity contribution < 1.29 is 37.6 Å². The van der Waals surface area contributed by atoms with Crippen molar-refractivity contribution in [1.29, 1.82) is 0 Å². The molecule has 0 heterocycles. The van der Waals surface area contributed by atoms with Gasteiger partial charge in [0.2, 0.25) is 0 Å². The predicted octanol–water partition coefficient (Wildman–Crippen LogP) is 25.0. The zero-order chi connectivity index (χ0) is 68.6. The van der Waals surface area contributed by atoms with Gasteiger partial charge in [0.1, 0.15) is 6.61 Å². The van der Waals surface area contributed by atoms with E-state index in [4.69, 9.17) is 24.3 Å². The van der Waals surface area contributed by atoms with Crippen LogP contribution in [-0.4, -0.2) is 49.3 Å². The number of allylic oxidation sites excluding steroid dienone is 38. The third-order valence-electron chi connectivity index (χ3n) is 14.5. The van der Waals surface area contributed by atoms with Crippen molar-refractivity contribution in [2.75, 3.05) is 26.4 Å². The molecule has 0 bridgehead atoms. The Morgan fingerprint density at radius 3 is 0.811 bits per heavy atom. The van der Waals surface area contributed by atoms with Gasteiger partial charge in [-0.05, 0) is 161 Å². The van der Waals surface area contributed by atoms with Crippen LogP contribution in [0.15, 0.2) is 231 Å². The van der Waals surface area contributed by atoms with Crippen LogP contribution < -0.4 is 5.73 Å². The second-order valence-electron chi connectivity index (χ2n) is 23.3. The number of carbonyl (C=O) groups excluding carboxylic acids is 2. The number of phosphoric ester groups is 1. The standard InChI is InChI=1S/C85H132NO8P/c1-3-5-7-9-11-13-15-17-19-21-23-25-27-29-31-33-35-37-39-40-41-42-44-46-48-50-52-54-56-58-60-62-64-66-68-70-72-74-76-78-85(88)94-83(82-93-95(89,90)92-80-79-86)81-91-84(87)77-75-73-71-69-67-65-63-61-59-57-55-53-51-49-47-45-43-38-36-34-32-30-28-26-24-22-20-18-16-14-12-10-8-6-4-2/h5-8,11-14,17-20,23-26,29-32,35-38,40-41,44-47,50-53,56-59,83H,3-4,9-10,15-16,21-22,27-28,33-34,39,42-43,48-49,54-55,60-82,86H2,1-2H3,(H,89,90)/b7-5-,8-6-,13-11-,14-12-,19-17-,20-18-,25-23-,26-24-,31-29-,32-30-,37-35-,38-36-,41-40-,46-44-,47-45-,52-50-,53-51-,58-56-,59-57-. The maximum atomic E-state index is 12.8. The second-order valence-corrected chi connectivity index (χ2v) is 24.8. The fourth-order valence-electron chi connectivity index (χ4n) is 9.19. The fourth-order valence-corrected chi connectivity index (χ4v) is 9.95. The first-order chi connectivity index (χ1) is 46.8. The first kappa shape index (κ1) is 89.1. The molecule has 0 saturated carbocycles. The summed E-state index contributed by atoms with van der Waals surface area (Å²) < 4.78 is 33.2. The van der Waals surface area contributed by atoms with Gasteiger partial charge in [-0.25, -0.2) is 4.57 Å². The van der Waals surface area contributed by atoms with Crippen LogP contribution in [0.2, 0.25) is 0 Å². The van der Waals surface area contributed by atoms with Gasteiger partial charge >= 0.3 is 19.8 Å². The van der Waals surface area contributed by atoms with Gasteiger partial charge in [0.25, 0.3) is 0 Å². The number of nitrogens with two attached hydrogens (primary N) is 1. The van der Waals surface area contributed by atoms with E-state index in [0.29, 0.717) is 12.8 Å². The number of hydrogen-bond acceptors (Lipinski definition) is 8. The van der Waals surface area contributed by atoms with E-state index in [2.05, 4.69) is 245 Å². The van der Waals surface area contributed by atoms with Crippen LogP contribution in [0.4, 0.5) is 0 Å². The van der Waals surface area contributed by atoms with Crippen LogP contribution in [0.3, 0.4) is 0 Å². The Hall–Kier alpha value is -5.93. The Balaban J connectivity index is 4.03. The van der Waals surface area contributed by atoms with E-state index in [1.165, 1.54) is 44.9 Å². The molecule has 0 aliphatic rings. The third-order valence-corrected chi connectivity index (χ3v) is 15.5. The van der Waals surface area contributed by atoms with Crippen molar-refractivity contribution in [1.82, 2.24) is 0 Å². The van der Waals surface area contributed by atoms with E-state index in [0.717, 1.165) is 173 Å². The Kier molecular flexibility index (Phi) is 72.3. The zero-order valence-electron chi connectivity index (χ0n) is 59.5. The lowest BCUT2D eigenvalue weighted by atomic mass is 10.1. The predicted molar refractivity (Wildman–Crippen MR) is 412 cm³/mol. The van der Waals surface area contributed by atoms with Crippen LogP contribution >= 0.6 is 7.82 Å². The van der Waals surface area contributed by atoms with E-state index in [-0.39, 0.29) is 32.6 Å². The van der Waals surface area contributed by atoms with Crippen molar-refractivity contribution in [3.05, 3.63) is 231 Å². The third kappa shape index (κ3) is 77.0. The lowest BCUT2D eigenvalue weighted by Crippen LogP contribution is -2.29. The van der Waals surface area contributed by atoms with Gasteiger partial charge in [-0.3, -0.25) is 18.6 Å². The average molecular weight is 1330 g/mol. The van der Waals surface area contributed by atoms with E-state index in [9.17, 15) is 19.0 Å². The van der Waals surface area contributed by atoms with Gasteiger partial charge < -0.3 is 20.1 Å². The highest BCUT2D eigenvalue weighted by molar-refractivity contribution is 7.47. The van der Waals surface area contributed by atoms with Crippen LogP contribution in [0.1, 0.15) is 258 Å². The minimum absolute atomic E-state index is 0.0380. The van der Waals surface area contributed by atoms with Crippen molar-refractivity contribution in [2.45, 2.75) is 264 Å². The molecule has 0 spiro atoms. The Labute approximate surface area is 581 Å². The summed E-state index contributed by atoms with van der Waals surface area (Å²) in [5.41, 5.74) is 5.40. The highest BCUT2D eigenvalue weighted by Gasteiger charge is 2.26. The molecule has 0 rings (SSSR count). The number of ether oxygens (including phenoxy) is 2. The minimum atomic E-state index is -4.42. The van der Waals surface area contributed by atoms with E-state index >= 15 is 0 Å². The van der Waals surface area contributed by atoms with Gasteiger partial charge in [-0.1, -0.05) is 315 Å². The normalized spacial score (nSPS) is 14.3. The number of esters is 2. The monoisotopic (exact) mass is 1330 g/mol. The molecule has 0 fully saturated rings. The van der Waals surface area contributed by atoms with Crippen molar-refractivity contribution in [3.63, 3.8) is 0 Å². The summed E-state index contributed by atoms with van der Waals surface area (Å²) in [6, 6.07) is 0. The highest BCUT2D eigenvalue weighted by atomic mass is 31.2. The number of hydrogen-bond donors (Lipinski definition) is 2. The molecule has 0 aliphatic carbocycles. The lowest BCUT2D eigenvalue weighted by molar-refractivity contribution is -0.161.